The van der Waals surface area contributed by atoms with Crippen LogP contribution in [0.1, 0.15) is 11.1 Å². The van der Waals surface area contributed by atoms with Crippen molar-refractivity contribution in [3.63, 3.8) is 0 Å². The van der Waals surface area contributed by atoms with Crippen LogP contribution in [0.3, 0.4) is 0 Å². The maximum absolute atomic E-state index is 11.1. The topological polar surface area (TPSA) is 104 Å². The van der Waals surface area contributed by atoms with Crippen LogP contribution in [0, 0.1) is 19.9 Å². The zero-order valence-corrected chi connectivity index (χ0v) is 13.9. The summed E-state index contributed by atoms with van der Waals surface area (Å²) in [6.07, 6.45) is -1.05. The van der Waals surface area contributed by atoms with Gasteiger partial charge >= 0.3 is 29.6 Å². The molecule has 8 heteroatoms. The van der Waals surface area contributed by atoms with Gasteiger partial charge in [-0.2, -0.15) is 20.0 Å². The molecule has 1 atom stereocenters. The number of ether oxygens (including phenoxy) is 1. The van der Waals surface area contributed by atoms with E-state index in [-0.39, 0.29) is 52.4 Å². The molecule has 0 saturated carbocycles. The Kier molecular flexibility index (Phi) is 7.52. The molecule has 0 fully saturated rings. The van der Waals surface area contributed by atoms with Gasteiger partial charge < -0.3 is 14.9 Å². The van der Waals surface area contributed by atoms with Crippen molar-refractivity contribution in [2.45, 2.75) is 24.8 Å². The van der Waals surface area contributed by atoms with Gasteiger partial charge in [0.2, 0.25) is 0 Å². The van der Waals surface area contributed by atoms with E-state index in [9.17, 15) is 8.42 Å². The minimum atomic E-state index is -4.37. The smallest absolute Gasteiger partial charge is 0.516 e. The first-order chi connectivity index (χ1) is 8.25. The number of aryl methyl sites for hydroxylation is 1. The average Bonchev–Trinajstić information content (AvgIpc) is 2.27. The van der Waals surface area contributed by atoms with Gasteiger partial charge in [-0.25, -0.2) is 0 Å². The first-order valence-corrected chi connectivity index (χ1v) is 6.62. The molecule has 0 heterocycles. The molecule has 0 spiro atoms. The Hall–Kier alpha value is -0.150. The minimum Gasteiger partial charge on any atom is -0.516 e. The van der Waals surface area contributed by atoms with Crippen molar-refractivity contribution in [3.8, 4) is 5.75 Å². The molecule has 6 nitrogen and oxygen atoms in total. The summed E-state index contributed by atoms with van der Waals surface area (Å²) >= 11 is 0. The van der Waals surface area contributed by atoms with E-state index in [1.54, 1.807) is 6.92 Å². The van der Waals surface area contributed by atoms with Gasteiger partial charge in [-0.05, 0) is 4.90 Å². The fourth-order valence-corrected chi connectivity index (χ4v) is 2.15. The fraction of sp³-hybridized carbons (Fsp3) is 0.455. The number of benzene rings is 1. The average molecular weight is 298 g/mol. The molecule has 0 amide bonds. The maximum Gasteiger partial charge on any atom is 1.00 e. The molecule has 1 unspecified atom stereocenters. The fourth-order valence-electron chi connectivity index (χ4n) is 1.37. The predicted octanol–water partition coefficient (Wildman–Crippen LogP) is -2.91. The quantitative estimate of drug-likeness (QED) is 0.306. The summed E-state index contributed by atoms with van der Waals surface area (Å²) in [6.45, 7) is 2.43. The Morgan fingerprint density at radius 2 is 2.00 bits per heavy atom. The Morgan fingerprint density at radius 3 is 2.47 bits per heavy atom. The van der Waals surface area contributed by atoms with Crippen LogP contribution in [0.2, 0.25) is 0 Å². The van der Waals surface area contributed by atoms with E-state index < -0.39 is 22.8 Å². The SMILES string of the molecule is Cc1[c-]c(S(=O)(=O)O)c(C)c(OCC(O)CO)c1.[Na+]. The van der Waals surface area contributed by atoms with Crippen molar-refractivity contribution in [1.82, 2.24) is 0 Å². The summed E-state index contributed by atoms with van der Waals surface area (Å²) in [7, 11) is -4.37. The number of aliphatic hydroxyl groups is 2. The van der Waals surface area contributed by atoms with Gasteiger partial charge in [-0.3, -0.25) is 4.55 Å². The molecular weight excluding hydrogens is 283 g/mol. The Bertz CT molecular complexity index is 528. The molecule has 3 N–H and O–H groups in total. The molecule has 19 heavy (non-hydrogen) atoms. The largest absolute Gasteiger partial charge is 1.00 e. The molecule has 0 aliphatic rings. The second-order valence-electron chi connectivity index (χ2n) is 3.89. The van der Waals surface area contributed by atoms with Crippen LogP contribution in [0.15, 0.2) is 11.0 Å². The zero-order chi connectivity index (χ0) is 13.9. The Morgan fingerprint density at radius 1 is 1.42 bits per heavy atom. The van der Waals surface area contributed by atoms with Crippen molar-refractivity contribution in [2.75, 3.05) is 13.2 Å². The Balaban J connectivity index is 0.00000324. The van der Waals surface area contributed by atoms with E-state index in [1.807, 2.05) is 0 Å². The molecule has 0 radical (unpaired) electrons. The van der Waals surface area contributed by atoms with Gasteiger partial charge in [-0.1, -0.05) is 19.4 Å². The second-order valence-corrected chi connectivity index (χ2v) is 5.25. The van der Waals surface area contributed by atoms with Crippen LogP contribution in [0.4, 0.5) is 0 Å². The van der Waals surface area contributed by atoms with Crippen molar-refractivity contribution >= 4 is 10.1 Å². The van der Waals surface area contributed by atoms with Gasteiger partial charge in [0.1, 0.15) is 12.7 Å². The van der Waals surface area contributed by atoms with E-state index in [0.717, 1.165) is 0 Å². The minimum absolute atomic E-state index is 0. The molecule has 0 aromatic heterocycles. The molecule has 1 aromatic carbocycles. The second kappa shape index (κ2) is 7.58. The third-order valence-corrected chi connectivity index (χ3v) is 3.19. The normalized spacial score (nSPS) is 12.7. The van der Waals surface area contributed by atoms with E-state index in [0.29, 0.717) is 5.56 Å². The Labute approximate surface area is 134 Å². The van der Waals surface area contributed by atoms with Gasteiger partial charge in [0.25, 0.3) is 10.1 Å². The van der Waals surface area contributed by atoms with Crippen molar-refractivity contribution in [3.05, 3.63) is 23.3 Å². The molecule has 0 aliphatic carbocycles. The molecular formula is C11H15NaO6S. The molecule has 1 rings (SSSR count). The molecule has 0 bridgehead atoms. The van der Waals surface area contributed by atoms with Gasteiger partial charge in [0.15, 0.2) is 0 Å². The summed E-state index contributed by atoms with van der Waals surface area (Å²) in [5, 5.41) is 17.8. The summed E-state index contributed by atoms with van der Waals surface area (Å²) < 4.78 is 36.5. The maximum atomic E-state index is 11.1. The van der Waals surface area contributed by atoms with Gasteiger partial charge in [0.05, 0.1) is 6.61 Å². The zero-order valence-electron chi connectivity index (χ0n) is 11.0. The molecule has 0 aliphatic heterocycles. The molecule has 102 valence electrons. The number of hydrogen-bond acceptors (Lipinski definition) is 5. The van der Waals surface area contributed by atoms with Crippen LogP contribution < -0.4 is 34.3 Å². The third-order valence-electron chi connectivity index (χ3n) is 2.27. The summed E-state index contributed by atoms with van der Waals surface area (Å²) in [5.74, 6) is 0.214. The molecule has 1 aromatic rings. The third kappa shape index (κ3) is 5.39. The van der Waals surface area contributed by atoms with Crippen LogP contribution in [-0.4, -0.2) is 42.5 Å². The summed E-state index contributed by atoms with van der Waals surface area (Å²) in [5.41, 5.74) is 0.676. The van der Waals surface area contributed by atoms with E-state index >= 15 is 0 Å². The van der Waals surface area contributed by atoms with Crippen molar-refractivity contribution in [2.24, 2.45) is 0 Å². The van der Waals surface area contributed by atoms with E-state index in [1.165, 1.54) is 13.0 Å². The number of hydrogen-bond donors (Lipinski definition) is 3. The number of aliphatic hydroxyl groups excluding tert-OH is 2. The van der Waals surface area contributed by atoms with E-state index in [2.05, 4.69) is 6.07 Å². The van der Waals surface area contributed by atoms with Crippen LogP contribution in [0.5, 0.6) is 5.75 Å². The van der Waals surface area contributed by atoms with Crippen molar-refractivity contribution < 1.29 is 57.5 Å². The predicted molar refractivity (Wildman–Crippen MR) is 63.2 cm³/mol. The molecule has 0 saturated heterocycles. The first kappa shape index (κ1) is 18.9. The van der Waals surface area contributed by atoms with Crippen LogP contribution >= 0.6 is 0 Å². The summed E-state index contributed by atoms with van der Waals surface area (Å²) in [6, 6.07) is 4.06. The number of rotatable bonds is 5. The summed E-state index contributed by atoms with van der Waals surface area (Å²) in [4.78, 5) is -0.351. The first-order valence-electron chi connectivity index (χ1n) is 5.18. The van der Waals surface area contributed by atoms with Gasteiger partial charge in [0, 0.05) is 5.75 Å². The van der Waals surface area contributed by atoms with Gasteiger partial charge in [-0.15, -0.1) is 6.07 Å². The monoisotopic (exact) mass is 298 g/mol. The van der Waals surface area contributed by atoms with Crippen molar-refractivity contribution in [1.29, 1.82) is 0 Å². The standard InChI is InChI=1S/C11H15O6S.Na/c1-7-3-10(17-6-9(13)5-12)8(2)11(4-7)18(14,15)16;/h3,9,12-13H,5-6H2,1-2H3,(H,14,15,16);/q-1;+1. The van der Waals surface area contributed by atoms with E-state index in [4.69, 9.17) is 19.5 Å². The van der Waals surface area contributed by atoms with Crippen LogP contribution in [-0.2, 0) is 10.1 Å². The van der Waals surface area contributed by atoms with Crippen LogP contribution in [0.25, 0.3) is 0 Å².